The molecule has 0 aliphatic rings. The summed E-state index contributed by atoms with van der Waals surface area (Å²) in [6.07, 6.45) is 1.71. The van der Waals surface area contributed by atoms with Gasteiger partial charge in [0, 0.05) is 18.3 Å². The quantitative estimate of drug-likeness (QED) is 0.547. The van der Waals surface area contributed by atoms with Crippen LogP contribution < -0.4 is 0 Å². The molecule has 0 atom stereocenters. The molecule has 10 heavy (non-hydrogen) atoms. The molecule has 2 heterocycles. The van der Waals surface area contributed by atoms with Crippen molar-refractivity contribution in [1.82, 2.24) is 4.98 Å². The number of hydrogen-bond acceptors (Lipinski definition) is 2. The van der Waals surface area contributed by atoms with Crippen molar-refractivity contribution < 1.29 is 4.42 Å². The van der Waals surface area contributed by atoms with Gasteiger partial charge in [0.15, 0.2) is 5.58 Å². The van der Waals surface area contributed by atoms with Crippen LogP contribution in [0.15, 0.2) is 22.7 Å². The van der Waals surface area contributed by atoms with Gasteiger partial charge in [0.25, 0.3) is 0 Å². The van der Waals surface area contributed by atoms with Crippen LogP contribution in [0.5, 0.6) is 0 Å². The Morgan fingerprint density at radius 3 is 3.30 bits per heavy atom. The standard InChI is InChI=1S/C8H6NO/c1-6-5-7-8(10-6)3-2-4-9-7/h2,4-5H,1H3. The first-order valence-electron chi connectivity index (χ1n) is 3.09. The Morgan fingerprint density at radius 2 is 2.50 bits per heavy atom. The maximum atomic E-state index is 5.25. The minimum Gasteiger partial charge on any atom is -0.459 e. The van der Waals surface area contributed by atoms with Gasteiger partial charge in [-0.05, 0) is 13.0 Å². The molecule has 0 saturated carbocycles. The predicted molar refractivity (Wildman–Crippen MR) is 37.6 cm³/mol. The van der Waals surface area contributed by atoms with Crippen molar-refractivity contribution in [2.24, 2.45) is 0 Å². The van der Waals surface area contributed by atoms with Crippen LogP contribution in [0, 0.1) is 13.0 Å². The van der Waals surface area contributed by atoms with E-state index in [2.05, 4.69) is 11.1 Å². The number of pyridine rings is 1. The van der Waals surface area contributed by atoms with E-state index in [1.165, 1.54) is 0 Å². The highest BCUT2D eigenvalue weighted by Crippen LogP contribution is 2.13. The van der Waals surface area contributed by atoms with Crippen molar-refractivity contribution in [3.8, 4) is 0 Å². The van der Waals surface area contributed by atoms with E-state index in [1.807, 2.05) is 13.0 Å². The highest BCUT2D eigenvalue weighted by molar-refractivity contribution is 5.71. The summed E-state index contributed by atoms with van der Waals surface area (Å²) in [6.45, 7) is 1.90. The summed E-state index contributed by atoms with van der Waals surface area (Å²) in [5.41, 5.74) is 1.61. The van der Waals surface area contributed by atoms with E-state index in [4.69, 9.17) is 4.42 Å². The van der Waals surface area contributed by atoms with E-state index in [1.54, 1.807) is 12.3 Å². The first kappa shape index (κ1) is 5.47. The minimum atomic E-state index is 0.736. The largest absolute Gasteiger partial charge is 0.459 e. The Labute approximate surface area is 58.5 Å². The Kier molecular flexibility index (Phi) is 1.01. The molecule has 0 aliphatic carbocycles. The van der Waals surface area contributed by atoms with Crippen LogP contribution in [0.25, 0.3) is 11.1 Å². The molecule has 0 saturated heterocycles. The van der Waals surface area contributed by atoms with Gasteiger partial charge in [0.1, 0.15) is 11.3 Å². The number of fused-ring (bicyclic) bond motifs is 1. The Bertz CT molecular complexity index is 318. The van der Waals surface area contributed by atoms with Crippen LogP contribution in [-0.4, -0.2) is 4.98 Å². The molecule has 0 bridgehead atoms. The van der Waals surface area contributed by atoms with Crippen molar-refractivity contribution >= 4 is 11.1 Å². The molecule has 0 N–H and O–H groups in total. The summed E-state index contributed by atoms with van der Waals surface area (Å²) in [7, 11) is 0. The average molecular weight is 132 g/mol. The smallest absolute Gasteiger partial charge is 0.160 e. The SMILES string of the molecule is Cc1cc2ncc[c]c2o1. The number of aryl methyl sites for hydroxylation is 1. The zero-order valence-corrected chi connectivity index (χ0v) is 5.59. The molecule has 2 nitrogen and oxygen atoms in total. The lowest BCUT2D eigenvalue weighted by atomic mass is 10.4. The highest BCUT2D eigenvalue weighted by Gasteiger charge is 1.97. The third-order valence-electron chi connectivity index (χ3n) is 1.34. The molecular weight excluding hydrogens is 126 g/mol. The molecule has 2 aromatic rings. The number of hydrogen-bond donors (Lipinski definition) is 0. The van der Waals surface area contributed by atoms with Crippen LogP contribution in [0.4, 0.5) is 0 Å². The van der Waals surface area contributed by atoms with Gasteiger partial charge in [-0.3, -0.25) is 4.98 Å². The van der Waals surface area contributed by atoms with E-state index in [9.17, 15) is 0 Å². The molecule has 0 spiro atoms. The van der Waals surface area contributed by atoms with Gasteiger partial charge in [0.05, 0.1) is 0 Å². The molecular formula is C8H6NO. The molecule has 0 amide bonds. The van der Waals surface area contributed by atoms with Crippen LogP contribution in [0.2, 0.25) is 0 Å². The normalized spacial score (nSPS) is 10.5. The molecule has 0 fully saturated rings. The van der Waals surface area contributed by atoms with Crippen molar-refractivity contribution in [3.63, 3.8) is 0 Å². The van der Waals surface area contributed by atoms with Gasteiger partial charge in [-0.15, -0.1) is 0 Å². The topological polar surface area (TPSA) is 26.0 Å². The second kappa shape index (κ2) is 1.84. The van der Waals surface area contributed by atoms with Gasteiger partial charge >= 0.3 is 0 Å². The van der Waals surface area contributed by atoms with Crippen molar-refractivity contribution in [3.05, 3.63) is 30.2 Å². The van der Waals surface area contributed by atoms with E-state index in [-0.39, 0.29) is 0 Å². The minimum absolute atomic E-state index is 0.736. The van der Waals surface area contributed by atoms with Crippen molar-refractivity contribution in [1.29, 1.82) is 0 Å². The third kappa shape index (κ3) is 0.692. The summed E-state index contributed by atoms with van der Waals surface area (Å²) in [6, 6.07) is 6.58. The molecule has 2 heteroatoms. The zero-order valence-electron chi connectivity index (χ0n) is 5.59. The lowest BCUT2D eigenvalue weighted by molar-refractivity contribution is 0.577. The predicted octanol–water partition coefficient (Wildman–Crippen LogP) is 1.94. The highest BCUT2D eigenvalue weighted by atomic mass is 16.3. The number of furan rings is 1. The summed E-state index contributed by atoms with van der Waals surface area (Å²) < 4.78 is 5.25. The fraction of sp³-hybridized carbons (Fsp3) is 0.125. The third-order valence-corrected chi connectivity index (χ3v) is 1.34. The van der Waals surface area contributed by atoms with Crippen LogP contribution in [-0.2, 0) is 0 Å². The molecule has 2 rings (SSSR count). The van der Waals surface area contributed by atoms with Gasteiger partial charge in [-0.2, -0.15) is 0 Å². The maximum absolute atomic E-state index is 5.25. The van der Waals surface area contributed by atoms with Crippen LogP contribution in [0.1, 0.15) is 5.76 Å². The Morgan fingerprint density at radius 1 is 1.60 bits per heavy atom. The van der Waals surface area contributed by atoms with Crippen LogP contribution >= 0.6 is 0 Å². The molecule has 0 unspecified atom stereocenters. The Hall–Kier alpha value is -1.31. The molecule has 1 radical (unpaired) electrons. The van der Waals surface area contributed by atoms with Gasteiger partial charge in [-0.25, -0.2) is 0 Å². The summed E-state index contributed by atoms with van der Waals surface area (Å²) >= 11 is 0. The number of aromatic nitrogens is 1. The number of rotatable bonds is 0. The maximum Gasteiger partial charge on any atom is 0.160 e. The van der Waals surface area contributed by atoms with Gasteiger partial charge in [-0.1, -0.05) is 0 Å². The fourth-order valence-electron chi connectivity index (χ4n) is 0.931. The first-order chi connectivity index (χ1) is 4.86. The monoisotopic (exact) mass is 132 g/mol. The zero-order chi connectivity index (χ0) is 6.97. The number of nitrogens with zero attached hydrogens (tertiary/aromatic N) is 1. The summed E-state index contributed by atoms with van der Waals surface area (Å²) in [5.74, 6) is 0.880. The van der Waals surface area contributed by atoms with E-state index >= 15 is 0 Å². The van der Waals surface area contributed by atoms with E-state index in [0.29, 0.717) is 0 Å². The fourth-order valence-corrected chi connectivity index (χ4v) is 0.931. The van der Waals surface area contributed by atoms with E-state index in [0.717, 1.165) is 16.9 Å². The van der Waals surface area contributed by atoms with Gasteiger partial charge < -0.3 is 4.42 Å². The van der Waals surface area contributed by atoms with Crippen molar-refractivity contribution in [2.45, 2.75) is 6.92 Å². The lowest BCUT2D eigenvalue weighted by Gasteiger charge is -1.80. The first-order valence-corrected chi connectivity index (χ1v) is 3.09. The van der Waals surface area contributed by atoms with Crippen molar-refractivity contribution in [2.75, 3.05) is 0 Å². The molecule has 0 aliphatic heterocycles. The van der Waals surface area contributed by atoms with Gasteiger partial charge in [0.2, 0.25) is 0 Å². The Balaban J connectivity index is 2.88. The molecule has 0 aromatic carbocycles. The van der Waals surface area contributed by atoms with E-state index < -0.39 is 0 Å². The molecule has 49 valence electrons. The van der Waals surface area contributed by atoms with Crippen LogP contribution in [0.3, 0.4) is 0 Å². The molecule has 2 aromatic heterocycles. The summed E-state index contributed by atoms with van der Waals surface area (Å²) in [4.78, 5) is 4.08. The average Bonchev–Trinajstić information content (AvgIpc) is 2.27. The second-order valence-electron chi connectivity index (χ2n) is 2.16. The summed E-state index contributed by atoms with van der Waals surface area (Å²) in [5, 5.41) is 0. The second-order valence-corrected chi connectivity index (χ2v) is 2.16. The lowest BCUT2D eigenvalue weighted by Crippen LogP contribution is -1.67.